The van der Waals surface area contributed by atoms with Gasteiger partial charge in [0.2, 0.25) is 0 Å². The van der Waals surface area contributed by atoms with Crippen molar-refractivity contribution >= 4 is 17.3 Å². The van der Waals surface area contributed by atoms with Gasteiger partial charge in [-0.2, -0.15) is 0 Å². The molecule has 0 spiro atoms. The molecule has 2 aromatic rings. The van der Waals surface area contributed by atoms with Crippen LogP contribution in [0.15, 0.2) is 28.8 Å². The molecule has 0 amide bonds. The lowest BCUT2D eigenvalue weighted by Gasteiger charge is -2.36. The summed E-state index contributed by atoms with van der Waals surface area (Å²) in [6.07, 6.45) is 6.51. The molecule has 0 radical (unpaired) electrons. The Balaban J connectivity index is 1.32. The number of ether oxygens (including phenoxy) is 1. The Morgan fingerprint density at radius 2 is 2.19 bits per heavy atom. The average molecular weight is 446 g/mol. The fourth-order valence-corrected chi connectivity index (χ4v) is 4.92. The molecule has 0 saturated carbocycles. The third-order valence-electron chi connectivity index (χ3n) is 6.00. The molecule has 31 heavy (non-hydrogen) atoms. The molecule has 1 unspecified atom stereocenters. The zero-order chi connectivity index (χ0) is 21.3. The van der Waals surface area contributed by atoms with Crippen LogP contribution in [-0.4, -0.2) is 82.5 Å². The van der Waals surface area contributed by atoms with Gasteiger partial charge in [-0.3, -0.25) is 9.89 Å². The van der Waals surface area contributed by atoms with Crippen LogP contribution in [0.25, 0.3) is 0 Å². The van der Waals surface area contributed by atoms with Crippen molar-refractivity contribution in [3.05, 3.63) is 34.5 Å². The van der Waals surface area contributed by atoms with Gasteiger partial charge in [0, 0.05) is 63.7 Å². The molecule has 4 heterocycles. The van der Waals surface area contributed by atoms with Gasteiger partial charge in [-0.05, 0) is 30.7 Å². The molecule has 2 aliphatic rings. The Bertz CT molecular complexity index is 793. The van der Waals surface area contributed by atoms with Crippen LogP contribution in [0.2, 0.25) is 0 Å². The molecule has 0 bridgehead atoms. The molecular weight excluding hydrogens is 410 g/mol. The molecule has 1 atom stereocenters. The van der Waals surface area contributed by atoms with Gasteiger partial charge < -0.3 is 19.5 Å². The van der Waals surface area contributed by atoms with Crippen LogP contribution in [0.3, 0.4) is 0 Å². The van der Waals surface area contributed by atoms with Gasteiger partial charge in [0.05, 0.1) is 12.6 Å². The van der Waals surface area contributed by atoms with Crippen molar-refractivity contribution in [2.45, 2.75) is 51.8 Å². The molecule has 9 heteroatoms. The largest absolute Gasteiger partial charge is 0.376 e. The van der Waals surface area contributed by atoms with Crippen LogP contribution in [0.5, 0.6) is 0 Å². The van der Waals surface area contributed by atoms with E-state index in [2.05, 4.69) is 54.3 Å². The molecule has 2 saturated heterocycles. The van der Waals surface area contributed by atoms with Crippen molar-refractivity contribution in [1.29, 1.82) is 0 Å². The summed E-state index contributed by atoms with van der Waals surface area (Å²) in [5.41, 5.74) is 0. The van der Waals surface area contributed by atoms with Gasteiger partial charge in [0.25, 0.3) is 0 Å². The number of rotatable bonds is 8. The number of aryl methyl sites for hydroxylation is 1. The fraction of sp³-hybridized carbons (Fsp3) is 0.682. The summed E-state index contributed by atoms with van der Waals surface area (Å²) in [5, 5.41) is 14.0. The monoisotopic (exact) mass is 445 g/mol. The Kier molecular flexibility index (Phi) is 8.31. The topological polar surface area (TPSA) is 70.8 Å². The predicted molar refractivity (Wildman–Crippen MR) is 124 cm³/mol. The minimum atomic E-state index is 0.259. The van der Waals surface area contributed by atoms with Gasteiger partial charge in [0.15, 0.2) is 5.96 Å². The minimum Gasteiger partial charge on any atom is -0.376 e. The highest BCUT2D eigenvalue weighted by atomic mass is 32.1. The highest BCUT2D eigenvalue weighted by Crippen LogP contribution is 2.15. The summed E-state index contributed by atoms with van der Waals surface area (Å²) < 4.78 is 8.02. The van der Waals surface area contributed by atoms with Crippen molar-refractivity contribution in [1.82, 2.24) is 29.9 Å². The van der Waals surface area contributed by atoms with Crippen LogP contribution in [-0.2, 0) is 24.2 Å². The van der Waals surface area contributed by atoms with Crippen LogP contribution in [0, 0.1) is 0 Å². The van der Waals surface area contributed by atoms with E-state index in [0.717, 1.165) is 83.6 Å². The third-order valence-corrected chi connectivity index (χ3v) is 6.86. The maximum Gasteiger partial charge on any atom is 0.194 e. The van der Waals surface area contributed by atoms with Crippen LogP contribution < -0.4 is 5.32 Å². The van der Waals surface area contributed by atoms with Crippen molar-refractivity contribution in [2.24, 2.45) is 4.99 Å². The third kappa shape index (κ3) is 6.51. The Morgan fingerprint density at radius 3 is 2.94 bits per heavy atom. The number of aliphatic imine (C=N–C) groups is 1. The predicted octanol–water partition coefficient (Wildman–Crippen LogP) is 2.23. The van der Waals surface area contributed by atoms with E-state index in [1.807, 2.05) is 17.7 Å². The maximum absolute atomic E-state index is 5.90. The van der Waals surface area contributed by atoms with E-state index >= 15 is 0 Å². The Labute approximate surface area is 189 Å². The fourth-order valence-electron chi connectivity index (χ4n) is 4.18. The highest BCUT2D eigenvalue weighted by Gasteiger charge is 2.21. The van der Waals surface area contributed by atoms with E-state index in [9.17, 15) is 0 Å². The number of nitrogens with one attached hydrogen (secondary N) is 1. The standard InChI is InChI=1S/C22H35N7OS/c1-2-21-26-25-18-29(21)9-8-23-22(24-16-19-6-3-4-14-30-19)28-12-10-27(11-13-28)17-20-7-5-15-31-20/h5,7,15,18-19H,2-4,6,8-14,16-17H2,1H3,(H,23,24). The van der Waals surface area contributed by atoms with E-state index < -0.39 is 0 Å². The molecule has 4 rings (SSSR count). The van der Waals surface area contributed by atoms with Crippen molar-refractivity contribution in [3.63, 3.8) is 0 Å². The molecule has 0 aromatic carbocycles. The lowest BCUT2D eigenvalue weighted by Crippen LogP contribution is -2.52. The van der Waals surface area contributed by atoms with E-state index in [0.29, 0.717) is 0 Å². The van der Waals surface area contributed by atoms with E-state index in [-0.39, 0.29) is 6.10 Å². The van der Waals surface area contributed by atoms with E-state index in [1.54, 1.807) is 0 Å². The smallest absolute Gasteiger partial charge is 0.194 e. The molecule has 0 aliphatic carbocycles. The van der Waals surface area contributed by atoms with Gasteiger partial charge >= 0.3 is 0 Å². The molecule has 2 fully saturated rings. The highest BCUT2D eigenvalue weighted by molar-refractivity contribution is 7.09. The van der Waals surface area contributed by atoms with Crippen LogP contribution >= 0.6 is 11.3 Å². The first-order chi connectivity index (χ1) is 15.3. The molecule has 8 nitrogen and oxygen atoms in total. The minimum absolute atomic E-state index is 0.259. The van der Waals surface area contributed by atoms with Crippen molar-refractivity contribution in [2.75, 3.05) is 45.9 Å². The second kappa shape index (κ2) is 11.6. The summed E-state index contributed by atoms with van der Waals surface area (Å²) in [6.45, 7) is 10.5. The summed E-state index contributed by atoms with van der Waals surface area (Å²) in [4.78, 5) is 11.4. The zero-order valence-corrected chi connectivity index (χ0v) is 19.4. The number of aromatic nitrogens is 3. The second-order valence-electron chi connectivity index (χ2n) is 8.22. The van der Waals surface area contributed by atoms with Gasteiger partial charge in [-0.25, -0.2) is 0 Å². The lowest BCUT2D eigenvalue weighted by atomic mass is 10.1. The Hall–Kier alpha value is -1.97. The summed E-state index contributed by atoms with van der Waals surface area (Å²) in [7, 11) is 0. The number of thiophene rings is 1. The summed E-state index contributed by atoms with van der Waals surface area (Å²) in [5.74, 6) is 2.04. The van der Waals surface area contributed by atoms with Crippen LogP contribution in [0.4, 0.5) is 0 Å². The van der Waals surface area contributed by atoms with E-state index in [4.69, 9.17) is 9.73 Å². The van der Waals surface area contributed by atoms with Gasteiger partial charge in [-0.15, -0.1) is 21.5 Å². The SMILES string of the molecule is CCc1nncn1CCNC(=NCC1CCCCO1)N1CCN(Cc2cccs2)CC1. The molecule has 2 aromatic heterocycles. The molecular formula is C22H35N7OS. The normalized spacial score (nSPS) is 20.9. The number of nitrogens with zero attached hydrogens (tertiary/aromatic N) is 6. The van der Waals surface area contributed by atoms with E-state index in [1.165, 1.54) is 17.7 Å². The van der Waals surface area contributed by atoms with Gasteiger partial charge in [0.1, 0.15) is 12.2 Å². The molecule has 1 N–H and O–H groups in total. The molecule has 170 valence electrons. The number of guanidine groups is 1. The zero-order valence-electron chi connectivity index (χ0n) is 18.6. The first-order valence-electron chi connectivity index (χ1n) is 11.6. The first-order valence-corrected chi connectivity index (χ1v) is 12.5. The van der Waals surface area contributed by atoms with Crippen molar-refractivity contribution in [3.8, 4) is 0 Å². The number of hydrogen-bond acceptors (Lipinski definition) is 6. The first kappa shape index (κ1) is 22.2. The number of hydrogen-bond donors (Lipinski definition) is 1. The Morgan fingerprint density at radius 1 is 1.29 bits per heavy atom. The summed E-state index contributed by atoms with van der Waals surface area (Å²) in [6, 6.07) is 4.36. The quantitative estimate of drug-likeness (QED) is 0.496. The maximum atomic E-state index is 5.90. The van der Waals surface area contributed by atoms with Gasteiger partial charge in [-0.1, -0.05) is 13.0 Å². The second-order valence-corrected chi connectivity index (χ2v) is 9.25. The lowest BCUT2D eigenvalue weighted by molar-refractivity contribution is 0.0222. The molecule has 2 aliphatic heterocycles. The summed E-state index contributed by atoms with van der Waals surface area (Å²) >= 11 is 1.84. The van der Waals surface area contributed by atoms with Crippen molar-refractivity contribution < 1.29 is 4.74 Å². The average Bonchev–Trinajstić information content (AvgIpc) is 3.49. The number of piperazine rings is 1. The van der Waals surface area contributed by atoms with Crippen LogP contribution in [0.1, 0.15) is 36.9 Å².